The van der Waals surface area contributed by atoms with Crippen LogP contribution in [0.5, 0.6) is 0 Å². The topological polar surface area (TPSA) is 46.1 Å². The predicted octanol–water partition coefficient (Wildman–Crippen LogP) is 2.96. The van der Waals surface area contributed by atoms with Crippen LogP contribution in [0.2, 0.25) is 0 Å². The SMILES string of the molecule is N#CC(=C=[N-])/C1=C/CCCCCC1. The van der Waals surface area contributed by atoms with Gasteiger partial charge in [0.2, 0.25) is 0 Å². The van der Waals surface area contributed by atoms with Crippen LogP contribution in [0.4, 0.5) is 0 Å². The fourth-order valence-corrected chi connectivity index (χ4v) is 1.59. The molecule has 0 atom stereocenters. The van der Waals surface area contributed by atoms with E-state index in [1.807, 2.05) is 11.9 Å². The van der Waals surface area contributed by atoms with Gasteiger partial charge in [-0.3, -0.25) is 5.87 Å². The van der Waals surface area contributed by atoms with Crippen LogP contribution in [0, 0.1) is 11.3 Å². The van der Waals surface area contributed by atoms with Crippen molar-refractivity contribution in [2.45, 2.75) is 38.5 Å². The van der Waals surface area contributed by atoms with Crippen LogP contribution >= 0.6 is 0 Å². The van der Waals surface area contributed by atoms with E-state index >= 15 is 0 Å². The fourth-order valence-electron chi connectivity index (χ4n) is 1.59. The molecule has 0 N–H and O–H groups in total. The summed E-state index contributed by atoms with van der Waals surface area (Å²) in [6, 6.07) is 1.96. The first kappa shape index (κ1) is 9.77. The summed E-state index contributed by atoms with van der Waals surface area (Å²) in [5, 5.41) is 17.4. The second kappa shape index (κ2) is 5.35. The van der Waals surface area contributed by atoms with E-state index in [1.165, 1.54) is 19.3 Å². The highest BCUT2D eigenvalue weighted by molar-refractivity contribution is 5.72. The normalized spacial score (nSPS) is 21.3. The molecule has 0 spiro atoms. The van der Waals surface area contributed by atoms with Gasteiger partial charge in [0.05, 0.1) is 5.57 Å². The lowest BCUT2D eigenvalue weighted by Gasteiger charge is -2.09. The van der Waals surface area contributed by atoms with Crippen LogP contribution in [0.1, 0.15) is 38.5 Å². The van der Waals surface area contributed by atoms with Crippen molar-refractivity contribution in [1.82, 2.24) is 0 Å². The van der Waals surface area contributed by atoms with Crippen molar-refractivity contribution in [1.29, 1.82) is 5.26 Å². The van der Waals surface area contributed by atoms with Gasteiger partial charge in [-0.1, -0.05) is 18.9 Å². The molecular formula is C11H13N2-. The van der Waals surface area contributed by atoms with Gasteiger partial charge in [-0.15, -0.1) is 0 Å². The number of nitriles is 1. The fraction of sp³-hybridized carbons (Fsp3) is 0.545. The van der Waals surface area contributed by atoms with Crippen molar-refractivity contribution in [2.75, 3.05) is 0 Å². The quantitative estimate of drug-likeness (QED) is 0.444. The van der Waals surface area contributed by atoms with E-state index in [9.17, 15) is 0 Å². The Morgan fingerprint density at radius 3 is 2.77 bits per heavy atom. The number of hydrogen-bond acceptors (Lipinski definition) is 1. The Morgan fingerprint density at radius 2 is 2.08 bits per heavy atom. The van der Waals surface area contributed by atoms with Gasteiger partial charge in [0.1, 0.15) is 6.07 Å². The summed E-state index contributed by atoms with van der Waals surface area (Å²) < 4.78 is 0. The second-order valence-corrected chi connectivity index (χ2v) is 3.28. The van der Waals surface area contributed by atoms with Gasteiger partial charge in [-0.25, -0.2) is 0 Å². The van der Waals surface area contributed by atoms with Crippen LogP contribution in [0.3, 0.4) is 0 Å². The van der Waals surface area contributed by atoms with Crippen molar-refractivity contribution < 1.29 is 0 Å². The molecule has 2 nitrogen and oxygen atoms in total. The summed E-state index contributed by atoms with van der Waals surface area (Å²) in [7, 11) is 0. The van der Waals surface area contributed by atoms with Gasteiger partial charge in [0, 0.05) is 0 Å². The zero-order chi connectivity index (χ0) is 9.52. The highest BCUT2D eigenvalue weighted by atomic mass is 14.3. The molecule has 0 unspecified atom stereocenters. The lowest BCUT2D eigenvalue weighted by molar-refractivity contribution is 0.629. The monoisotopic (exact) mass is 173 g/mol. The standard InChI is InChI=1S/C11H13N2/c12-8-11(9-13)10-6-4-2-1-3-5-7-10/h6H,1-5,7H2/q-1/b10-6+. The maximum Gasteiger partial charge on any atom is 0.106 e. The molecule has 0 aromatic heterocycles. The van der Waals surface area contributed by atoms with Gasteiger partial charge in [0.25, 0.3) is 0 Å². The minimum Gasteiger partial charge on any atom is -0.762 e. The molecular weight excluding hydrogens is 160 g/mol. The van der Waals surface area contributed by atoms with E-state index in [4.69, 9.17) is 10.7 Å². The van der Waals surface area contributed by atoms with Crippen molar-refractivity contribution in [2.24, 2.45) is 0 Å². The molecule has 0 saturated carbocycles. The van der Waals surface area contributed by atoms with Crippen LogP contribution in [0.25, 0.3) is 5.41 Å². The zero-order valence-electron chi connectivity index (χ0n) is 7.71. The van der Waals surface area contributed by atoms with Gasteiger partial charge in [0.15, 0.2) is 0 Å². The Bertz CT molecular complexity index is 288. The zero-order valence-corrected chi connectivity index (χ0v) is 7.71. The minimum atomic E-state index is 0.307. The Hall–Kier alpha value is -1.32. The largest absolute Gasteiger partial charge is 0.762 e. The van der Waals surface area contributed by atoms with Gasteiger partial charge in [-0.05, 0) is 31.3 Å². The summed E-state index contributed by atoms with van der Waals surface area (Å²) in [6.07, 6.45) is 8.77. The molecule has 0 amide bonds. The van der Waals surface area contributed by atoms with E-state index in [1.54, 1.807) is 0 Å². The number of hydrogen-bond donors (Lipinski definition) is 0. The maximum absolute atomic E-state index is 8.69. The summed E-state index contributed by atoms with van der Waals surface area (Å²) >= 11 is 0. The van der Waals surface area contributed by atoms with Crippen LogP contribution < -0.4 is 0 Å². The first-order chi connectivity index (χ1) is 6.38. The molecule has 0 saturated heterocycles. The third-order valence-corrected chi connectivity index (χ3v) is 2.34. The Morgan fingerprint density at radius 1 is 1.31 bits per heavy atom. The molecule has 13 heavy (non-hydrogen) atoms. The van der Waals surface area contributed by atoms with Crippen molar-refractivity contribution >= 4 is 5.87 Å². The van der Waals surface area contributed by atoms with Gasteiger partial charge < -0.3 is 5.41 Å². The van der Waals surface area contributed by atoms with Crippen molar-refractivity contribution in [3.8, 4) is 6.07 Å². The Labute approximate surface area is 79.1 Å². The second-order valence-electron chi connectivity index (χ2n) is 3.28. The molecule has 0 aromatic carbocycles. The van der Waals surface area contributed by atoms with Crippen LogP contribution in [0.15, 0.2) is 17.2 Å². The molecule has 0 fully saturated rings. The van der Waals surface area contributed by atoms with E-state index in [0.717, 1.165) is 24.8 Å². The van der Waals surface area contributed by atoms with E-state index in [2.05, 4.69) is 6.08 Å². The molecule has 0 aromatic rings. The highest BCUT2D eigenvalue weighted by Gasteiger charge is 2.04. The minimum absolute atomic E-state index is 0.307. The predicted molar refractivity (Wildman–Crippen MR) is 53.3 cm³/mol. The van der Waals surface area contributed by atoms with Crippen molar-refractivity contribution in [3.05, 3.63) is 22.6 Å². The van der Waals surface area contributed by atoms with Gasteiger partial charge in [-0.2, -0.15) is 5.26 Å². The summed E-state index contributed by atoms with van der Waals surface area (Å²) in [5.41, 5.74) is 1.27. The average molecular weight is 173 g/mol. The Kier molecular flexibility index (Phi) is 4.02. The Balaban J connectivity index is 2.76. The summed E-state index contributed by atoms with van der Waals surface area (Å²) in [6.45, 7) is 0. The molecule has 2 heteroatoms. The first-order valence-electron chi connectivity index (χ1n) is 4.75. The molecule has 1 aliphatic rings. The van der Waals surface area contributed by atoms with E-state index in [-0.39, 0.29) is 0 Å². The third-order valence-electron chi connectivity index (χ3n) is 2.34. The molecule has 0 radical (unpaired) electrons. The molecule has 1 aliphatic carbocycles. The third kappa shape index (κ3) is 2.89. The highest BCUT2D eigenvalue weighted by Crippen LogP contribution is 2.20. The molecule has 0 heterocycles. The molecule has 0 aliphatic heterocycles. The van der Waals surface area contributed by atoms with Crippen LogP contribution in [-0.2, 0) is 0 Å². The van der Waals surface area contributed by atoms with E-state index < -0.39 is 0 Å². The lowest BCUT2D eigenvalue weighted by atomic mass is 9.96. The maximum atomic E-state index is 8.69. The average Bonchev–Trinajstić information content (AvgIpc) is 2.09. The molecule has 68 valence electrons. The van der Waals surface area contributed by atoms with Gasteiger partial charge >= 0.3 is 0 Å². The lowest BCUT2D eigenvalue weighted by Crippen LogP contribution is -1.93. The number of allylic oxidation sites excluding steroid dienone is 3. The molecule has 1 rings (SSSR count). The number of nitrogens with zero attached hydrogens (tertiary/aromatic N) is 2. The smallest absolute Gasteiger partial charge is 0.106 e. The summed E-state index contributed by atoms with van der Waals surface area (Å²) in [4.78, 5) is 0. The van der Waals surface area contributed by atoms with E-state index in [0.29, 0.717) is 5.57 Å². The van der Waals surface area contributed by atoms with Crippen molar-refractivity contribution in [3.63, 3.8) is 0 Å². The van der Waals surface area contributed by atoms with Crippen LogP contribution in [-0.4, -0.2) is 5.87 Å². The first-order valence-corrected chi connectivity index (χ1v) is 4.75. The molecule has 0 bridgehead atoms. The summed E-state index contributed by atoms with van der Waals surface area (Å²) in [5.74, 6) is 1.96. The number of rotatable bonds is 1.